The maximum Gasteiger partial charge on any atom is 0.289 e. The molecule has 9 heteroatoms. The number of piperazine rings is 1. The summed E-state index contributed by atoms with van der Waals surface area (Å²) in [5.74, 6) is -0.310. The zero-order chi connectivity index (χ0) is 15.5. The van der Waals surface area contributed by atoms with Crippen LogP contribution in [0, 0.1) is 0 Å². The van der Waals surface area contributed by atoms with Crippen LogP contribution < -0.4 is 4.72 Å². The molecule has 21 heavy (non-hydrogen) atoms. The largest absolute Gasteiger partial charge is 0.438 e. The number of hydrogen-bond acceptors (Lipinski definition) is 6. The molecule has 0 unspecified atom stereocenters. The highest BCUT2D eigenvalue weighted by molar-refractivity contribution is 7.89. The molecular weight excluding hydrogens is 298 g/mol. The van der Waals surface area contributed by atoms with E-state index >= 15 is 0 Å². The van der Waals surface area contributed by atoms with E-state index in [0.29, 0.717) is 32.7 Å². The van der Waals surface area contributed by atoms with E-state index in [0.717, 1.165) is 0 Å². The lowest BCUT2D eigenvalue weighted by Crippen LogP contribution is -2.49. The molecule has 2 rings (SSSR count). The first-order valence-electron chi connectivity index (χ1n) is 6.64. The Kier molecular flexibility index (Phi) is 4.99. The summed E-state index contributed by atoms with van der Waals surface area (Å²) in [5.41, 5.74) is 0. The highest BCUT2D eigenvalue weighted by atomic mass is 32.2. The summed E-state index contributed by atoms with van der Waals surface area (Å²) in [4.78, 5) is 15.9. The van der Waals surface area contributed by atoms with Crippen molar-refractivity contribution in [2.24, 2.45) is 0 Å². The second kappa shape index (κ2) is 6.56. The Balaban J connectivity index is 2.02. The van der Waals surface area contributed by atoms with Gasteiger partial charge in [-0.1, -0.05) is 0 Å². The molecule has 1 saturated heterocycles. The van der Waals surface area contributed by atoms with E-state index in [-0.39, 0.29) is 23.4 Å². The van der Waals surface area contributed by atoms with Crippen molar-refractivity contribution < 1.29 is 22.7 Å². The second-order valence-electron chi connectivity index (χ2n) is 4.68. The summed E-state index contributed by atoms with van der Waals surface area (Å²) in [7, 11) is -2.40. The first-order valence-corrected chi connectivity index (χ1v) is 8.12. The van der Waals surface area contributed by atoms with Gasteiger partial charge in [-0.15, -0.1) is 0 Å². The van der Waals surface area contributed by atoms with E-state index < -0.39 is 10.0 Å². The molecule has 1 fully saturated rings. The fourth-order valence-electron chi connectivity index (χ4n) is 2.15. The molecule has 1 aliphatic rings. The molecule has 1 aliphatic heterocycles. The number of nitrogens with zero attached hydrogens (tertiary/aromatic N) is 2. The number of furan rings is 1. The van der Waals surface area contributed by atoms with Crippen molar-refractivity contribution in [1.82, 2.24) is 14.5 Å². The Bertz CT molecular complexity index is 590. The molecule has 1 amide bonds. The zero-order valence-electron chi connectivity index (χ0n) is 11.8. The Morgan fingerprint density at radius 3 is 2.57 bits per heavy atom. The fraction of sp³-hybridized carbons (Fsp3) is 0.583. The molecule has 1 aromatic heterocycles. The number of carbonyl (C=O) groups is 1. The molecule has 2 heterocycles. The van der Waals surface area contributed by atoms with E-state index in [1.165, 1.54) is 19.2 Å². The maximum atomic E-state index is 12.2. The molecular formula is C12H19N3O5S. The van der Waals surface area contributed by atoms with Crippen molar-refractivity contribution >= 4 is 15.9 Å². The third-order valence-electron chi connectivity index (χ3n) is 3.40. The molecule has 0 atom stereocenters. The minimum absolute atomic E-state index is 0.0134. The predicted molar refractivity (Wildman–Crippen MR) is 74.4 cm³/mol. The van der Waals surface area contributed by atoms with Gasteiger partial charge in [-0.05, 0) is 19.2 Å². The summed E-state index contributed by atoms with van der Waals surface area (Å²) < 4.78 is 30.4. The minimum Gasteiger partial charge on any atom is -0.438 e. The normalized spacial score (nSPS) is 17.1. The van der Waals surface area contributed by atoms with Crippen molar-refractivity contribution in [2.75, 3.05) is 46.4 Å². The molecule has 0 aromatic carbocycles. The Morgan fingerprint density at radius 1 is 1.33 bits per heavy atom. The van der Waals surface area contributed by atoms with Crippen molar-refractivity contribution in [3.05, 3.63) is 17.9 Å². The van der Waals surface area contributed by atoms with Crippen LogP contribution in [0.25, 0.3) is 0 Å². The van der Waals surface area contributed by atoms with Gasteiger partial charge in [0.15, 0.2) is 5.76 Å². The molecule has 0 radical (unpaired) electrons. The van der Waals surface area contributed by atoms with Gasteiger partial charge in [-0.25, -0.2) is 13.1 Å². The first-order chi connectivity index (χ1) is 9.97. The summed E-state index contributed by atoms with van der Waals surface area (Å²) >= 11 is 0. The van der Waals surface area contributed by atoms with Gasteiger partial charge < -0.3 is 14.4 Å². The Morgan fingerprint density at radius 2 is 2.00 bits per heavy atom. The number of nitrogens with one attached hydrogen (secondary N) is 1. The van der Waals surface area contributed by atoms with Gasteiger partial charge in [0.25, 0.3) is 15.9 Å². The predicted octanol–water partition coefficient (Wildman–Crippen LogP) is -1.06. The third-order valence-corrected chi connectivity index (χ3v) is 4.69. The summed E-state index contributed by atoms with van der Waals surface area (Å²) in [5, 5.41) is 8.60. The number of carbonyl (C=O) groups excluding carboxylic acids is 1. The molecule has 0 bridgehead atoms. The number of hydrogen-bond donors (Lipinski definition) is 2. The molecule has 0 saturated carbocycles. The Hall–Kier alpha value is -1.42. The highest BCUT2D eigenvalue weighted by Gasteiger charge is 2.25. The van der Waals surface area contributed by atoms with Gasteiger partial charge in [-0.2, -0.15) is 0 Å². The molecule has 1 aromatic rings. The standard InChI is InChI=1S/C12H19N3O5S/c1-13-21(18,19)11-3-2-10(20-11)12(17)15-6-4-14(5-7-15)8-9-16/h2-3,13,16H,4-9H2,1H3. The van der Waals surface area contributed by atoms with E-state index in [9.17, 15) is 13.2 Å². The molecule has 2 N–H and O–H groups in total. The number of aliphatic hydroxyl groups excluding tert-OH is 1. The summed E-state index contributed by atoms with van der Waals surface area (Å²) in [6.07, 6.45) is 0. The van der Waals surface area contributed by atoms with E-state index in [4.69, 9.17) is 9.52 Å². The van der Waals surface area contributed by atoms with Crippen molar-refractivity contribution in [1.29, 1.82) is 0 Å². The summed E-state index contributed by atoms with van der Waals surface area (Å²) in [6.45, 7) is 3.08. The van der Waals surface area contributed by atoms with Gasteiger partial charge in [0.2, 0.25) is 5.09 Å². The van der Waals surface area contributed by atoms with Crippen LogP contribution in [0.4, 0.5) is 0 Å². The quantitative estimate of drug-likeness (QED) is 0.717. The fourth-order valence-corrected chi connectivity index (χ4v) is 2.80. The van der Waals surface area contributed by atoms with Crippen LogP contribution in [0.1, 0.15) is 10.6 Å². The summed E-state index contributed by atoms with van der Waals surface area (Å²) in [6, 6.07) is 2.63. The van der Waals surface area contributed by atoms with Crippen LogP contribution in [0.3, 0.4) is 0 Å². The van der Waals surface area contributed by atoms with Crippen LogP contribution >= 0.6 is 0 Å². The van der Waals surface area contributed by atoms with Crippen LogP contribution in [-0.2, 0) is 10.0 Å². The maximum absolute atomic E-state index is 12.2. The lowest BCUT2D eigenvalue weighted by Gasteiger charge is -2.33. The lowest BCUT2D eigenvalue weighted by atomic mass is 10.3. The molecule has 0 aliphatic carbocycles. The number of sulfonamides is 1. The van der Waals surface area contributed by atoms with Crippen LogP contribution in [0.15, 0.2) is 21.6 Å². The van der Waals surface area contributed by atoms with Gasteiger partial charge >= 0.3 is 0 Å². The topological polar surface area (TPSA) is 103 Å². The minimum atomic E-state index is -3.68. The smallest absolute Gasteiger partial charge is 0.289 e. The number of rotatable bonds is 5. The lowest BCUT2D eigenvalue weighted by molar-refractivity contribution is 0.0580. The SMILES string of the molecule is CNS(=O)(=O)c1ccc(C(=O)N2CCN(CCO)CC2)o1. The third kappa shape index (κ3) is 3.62. The van der Waals surface area contributed by atoms with Crippen LogP contribution in [0.2, 0.25) is 0 Å². The average Bonchev–Trinajstić information content (AvgIpc) is 2.98. The van der Waals surface area contributed by atoms with Crippen molar-refractivity contribution in [3.8, 4) is 0 Å². The van der Waals surface area contributed by atoms with Crippen LogP contribution in [-0.4, -0.2) is 75.6 Å². The zero-order valence-corrected chi connectivity index (χ0v) is 12.6. The van der Waals surface area contributed by atoms with Crippen LogP contribution in [0.5, 0.6) is 0 Å². The monoisotopic (exact) mass is 317 g/mol. The molecule has 8 nitrogen and oxygen atoms in total. The number of amides is 1. The first kappa shape index (κ1) is 16.0. The van der Waals surface area contributed by atoms with Gasteiger partial charge in [-0.3, -0.25) is 9.69 Å². The average molecular weight is 317 g/mol. The van der Waals surface area contributed by atoms with Gasteiger partial charge in [0.1, 0.15) is 0 Å². The van der Waals surface area contributed by atoms with Crippen molar-refractivity contribution in [2.45, 2.75) is 5.09 Å². The van der Waals surface area contributed by atoms with E-state index in [1.807, 2.05) is 0 Å². The highest BCUT2D eigenvalue weighted by Crippen LogP contribution is 2.16. The van der Waals surface area contributed by atoms with E-state index in [2.05, 4.69) is 9.62 Å². The van der Waals surface area contributed by atoms with Gasteiger partial charge in [0, 0.05) is 32.7 Å². The van der Waals surface area contributed by atoms with Crippen molar-refractivity contribution in [3.63, 3.8) is 0 Å². The Labute approximate surface area is 123 Å². The second-order valence-corrected chi connectivity index (χ2v) is 6.50. The van der Waals surface area contributed by atoms with E-state index in [1.54, 1.807) is 4.90 Å². The number of β-amino-alcohol motifs (C(OH)–C–C–N with tert-alkyl or cyclic N) is 1. The molecule has 118 valence electrons. The number of aliphatic hydroxyl groups is 1. The molecule has 0 spiro atoms. The van der Waals surface area contributed by atoms with Gasteiger partial charge in [0.05, 0.1) is 6.61 Å².